The molecule has 0 saturated heterocycles. The molecule has 124 valence electrons. The second kappa shape index (κ2) is 6.03. The van der Waals surface area contributed by atoms with Crippen LogP contribution in [0, 0.1) is 0 Å². The fourth-order valence-corrected chi connectivity index (χ4v) is 2.30. The van der Waals surface area contributed by atoms with Gasteiger partial charge < -0.3 is 10.6 Å². The van der Waals surface area contributed by atoms with Gasteiger partial charge in [-0.2, -0.15) is 0 Å². The lowest BCUT2D eigenvalue weighted by atomic mass is 10.2. The third-order valence-corrected chi connectivity index (χ3v) is 3.49. The Morgan fingerprint density at radius 2 is 2.08 bits per heavy atom. The number of para-hydroxylation sites is 1. The molecule has 1 aromatic carbocycles. The highest BCUT2D eigenvalue weighted by Crippen LogP contribution is 2.22. The average molecular weight is 327 g/mol. The van der Waals surface area contributed by atoms with Crippen LogP contribution in [0.25, 0.3) is 10.9 Å². The number of nitrogens with two attached hydrogens (primary N) is 1. The van der Waals surface area contributed by atoms with Gasteiger partial charge in [0.25, 0.3) is 5.91 Å². The van der Waals surface area contributed by atoms with Crippen LogP contribution in [0.3, 0.4) is 0 Å². The average Bonchev–Trinajstić information content (AvgIpc) is 3.14. The molecule has 2 aromatic heterocycles. The zero-order valence-electron chi connectivity index (χ0n) is 13.3. The molecule has 0 aliphatic heterocycles. The number of amides is 2. The maximum atomic E-state index is 12.5. The van der Waals surface area contributed by atoms with E-state index in [1.807, 2.05) is 18.2 Å². The number of hydrogen-bond donors (Lipinski definition) is 2. The topological polar surface area (TPSA) is 111 Å². The van der Waals surface area contributed by atoms with E-state index in [0.717, 1.165) is 5.39 Å². The van der Waals surface area contributed by atoms with Crippen molar-refractivity contribution < 1.29 is 9.59 Å². The summed E-state index contributed by atoms with van der Waals surface area (Å²) in [4.78, 5) is 25.4. The van der Waals surface area contributed by atoms with E-state index in [1.165, 1.54) is 20.3 Å². The number of nitrogens with zero attached hydrogens (tertiary/aromatic N) is 5. The Kier molecular flexibility index (Phi) is 3.90. The molecule has 3 aromatic rings. The molecule has 0 atom stereocenters. The van der Waals surface area contributed by atoms with Gasteiger partial charge in [-0.1, -0.05) is 17.3 Å². The number of anilines is 2. The number of carbonyl (C=O) groups is 2. The summed E-state index contributed by atoms with van der Waals surface area (Å²) in [6.07, 6.45) is 3.17. The molecule has 2 amide bonds. The van der Waals surface area contributed by atoms with Gasteiger partial charge in [-0.25, -0.2) is 9.48 Å². The van der Waals surface area contributed by atoms with Crippen molar-refractivity contribution in [1.29, 1.82) is 0 Å². The van der Waals surface area contributed by atoms with Crippen molar-refractivity contribution >= 4 is 34.3 Å². The summed E-state index contributed by atoms with van der Waals surface area (Å²) in [5, 5.41) is 11.1. The number of nitrogens with one attached hydrogen (secondary N) is 1. The van der Waals surface area contributed by atoms with Crippen LogP contribution in [0.1, 0.15) is 4.79 Å². The van der Waals surface area contributed by atoms with Gasteiger partial charge in [0.2, 0.25) is 0 Å². The summed E-state index contributed by atoms with van der Waals surface area (Å²) in [6, 6.07) is 6.98. The normalized spacial score (nSPS) is 10.8. The monoisotopic (exact) mass is 327 g/mol. The molecule has 0 unspecified atom stereocenters. The third kappa shape index (κ3) is 2.91. The Bertz CT molecular complexity index is 910. The fourth-order valence-electron chi connectivity index (χ4n) is 2.30. The van der Waals surface area contributed by atoms with E-state index in [0.29, 0.717) is 11.2 Å². The molecule has 9 heteroatoms. The molecule has 0 radical (unpaired) electrons. The smallest absolute Gasteiger partial charge is 0.322 e. The summed E-state index contributed by atoms with van der Waals surface area (Å²) in [7, 11) is 3.23. The summed E-state index contributed by atoms with van der Waals surface area (Å²) in [6.45, 7) is -0.0249. The summed E-state index contributed by atoms with van der Waals surface area (Å²) >= 11 is 0. The number of hydrogen-bond acceptors (Lipinski definition) is 5. The van der Waals surface area contributed by atoms with Crippen LogP contribution in [0.5, 0.6) is 0 Å². The molecule has 0 fully saturated rings. The fraction of sp³-hybridized carbons (Fsp3) is 0.200. The van der Waals surface area contributed by atoms with Gasteiger partial charge in [-0.15, -0.1) is 5.10 Å². The van der Waals surface area contributed by atoms with Gasteiger partial charge in [-0.3, -0.25) is 14.7 Å². The Balaban J connectivity index is 1.77. The third-order valence-electron chi connectivity index (χ3n) is 3.49. The zero-order chi connectivity index (χ0) is 17.3. The van der Waals surface area contributed by atoms with Crippen molar-refractivity contribution in [1.82, 2.24) is 24.5 Å². The molecule has 0 aliphatic rings. The minimum absolute atomic E-state index is 0.0249. The van der Waals surface area contributed by atoms with Crippen LogP contribution in [0.4, 0.5) is 16.3 Å². The molecular weight excluding hydrogens is 310 g/mol. The first kappa shape index (κ1) is 15.5. The summed E-state index contributed by atoms with van der Waals surface area (Å²) in [5.74, 6) is 0.0664. The Hall–Kier alpha value is -3.36. The predicted molar refractivity (Wildman–Crippen MR) is 89.7 cm³/mol. The van der Waals surface area contributed by atoms with Gasteiger partial charge in [0.1, 0.15) is 6.54 Å². The quantitative estimate of drug-likeness (QED) is 0.703. The van der Waals surface area contributed by atoms with Crippen molar-refractivity contribution in [3.63, 3.8) is 0 Å². The van der Waals surface area contributed by atoms with E-state index in [4.69, 9.17) is 5.73 Å². The lowest BCUT2D eigenvalue weighted by molar-refractivity contribution is 0.0891. The van der Waals surface area contributed by atoms with Crippen molar-refractivity contribution in [2.75, 3.05) is 25.1 Å². The number of nitrogen functional groups attached to an aromatic ring is 1. The van der Waals surface area contributed by atoms with Crippen LogP contribution in [-0.4, -0.2) is 50.5 Å². The Morgan fingerprint density at radius 1 is 1.29 bits per heavy atom. The van der Waals surface area contributed by atoms with Crippen LogP contribution in [0.2, 0.25) is 0 Å². The Morgan fingerprint density at radius 3 is 2.83 bits per heavy atom. The second-order valence-electron chi connectivity index (χ2n) is 5.49. The molecule has 0 saturated carbocycles. The first-order valence-electron chi connectivity index (χ1n) is 7.23. The van der Waals surface area contributed by atoms with Crippen molar-refractivity contribution in [2.45, 2.75) is 6.54 Å². The molecule has 3 rings (SSSR count). The first-order valence-corrected chi connectivity index (χ1v) is 7.23. The SMILES string of the molecule is CN(C)C(=O)Nc1cn(CC(=O)n2ccc3cccc(N)c32)nn1. The summed E-state index contributed by atoms with van der Waals surface area (Å²) in [5.41, 5.74) is 7.16. The number of aromatic nitrogens is 4. The summed E-state index contributed by atoms with van der Waals surface area (Å²) < 4.78 is 2.85. The molecule has 2 heterocycles. The van der Waals surface area contributed by atoms with Crippen LogP contribution >= 0.6 is 0 Å². The predicted octanol–water partition coefficient (Wildman–Crippen LogP) is 1.25. The van der Waals surface area contributed by atoms with Gasteiger partial charge in [0, 0.05) is 25.7 Å². The first-order chi connectivity index (χ1) is 11.5. The highest BCUT2D eigenvalue weighted by molar-refractivity contribution is 5.98. The Labute approximate surface area is 137 Å². The van der Waals surface area contributed by atoms with E-state index in [9.17, 15) is 9.59 Å². The number of rotatable bonds is 3. The molecular formula is C15H17N7O2. The van der Waals surface area contributed by atoms with E-state index >= 15 is 0 Å². The minimum Gasteiger partial charge on any atom is -0.397 e. The number of carbonyl (C=O) groups excluding carboxylic acids is 2. The van der Waals surface area contributed by atoms with E-state index in [2.05, 4.69) is 15.6 Å². The molecule has 0 aliphatic carbocycles. The van der Waals surface area contributed by atoms with Gasteiger partial charge in [0.15, 0.2) is 5.82 Å². The number of urea groups is 1. The molecule has 0 bridgehead atoms. The van der Waals surface area contributed by atoms with E-state index in [-0.39, 0.29) is 24.3 Å². The van der Waals surface area contributed by atoms with E-state index < -0.39 is 0 Å². The van der Waals surface area contributed by atoms with Gasteiger partial charge in [0.05, 0.1) is 17.4 Å². The molecule has 0 spiro atoms. The molecule has 3 N–H and O–H groups in total. The standard InChI is InChI=1S/C15H17N7O2/c1-20(2)15(24)17-12-8-21(19-18-12)9-13(23)22-7-6-10-4-3-5-11(16)14(10)22/h3-8H,9,16H2,1-2H3,(H,17,24). The lowest BCUT2D eigenvalue weighted by Gasteiger charge is -2.09. The van der Waals surface area contributed by atoms with Gasteiger partial charge >= 0.3 is 6.03 Å². The van der Waals surface area contributed by atoms with Gasteiger partial charge in [-0.05, 0) is 12.1 Å². The second-order valence-corrected chi connectivity index (χ2v) is 5.49. The highest BCUT2D eigenvalue weighted by atomic mass is 16.2. The van der Waals surface area contributed by atoms with Crippen molar-refractivity contribution in [3.8, 4) is 0 Å². The maximum Gasteiger partial charge on any atom is 0.322 e. The number of fused-ring (bicyclic) bond motifs is 1. The van der Waals surface area contributed by atoms with Crippen molar-refractivity contribution in [2.24, 2.45) is 0 Å². The minimum atomic E-state index is -0.322. The maximum absolute atomic E-state index is 12.5. The van der Waals surface area contributed by atoms with Crippen LogP contribution < -0.4 is 11.1 Å². The molecule has 9 nitrogen and oxygen atoms in total. The zero-order valence-corrected chi connectivity index (χ0v) is 13.3. The van der Waals surface area contributed by atoms with Crippen LogP contribution in [0.15, 0.2) is 36.7 Å². The van der Waals surface area contributed by atoms with Crippen LogP contribution in [-0.2, 0) is 6.54 Å². The largest absolute Gasteiger partial charge is 0.397 e. The number of benzene rings is 1. The highest BCUT2D eigenvalue weighted by Gasteiger charge is 2.13. The molecule has 24 heavy (non-hydrogen) atoms. The van der Waals surface area contributed by atoms with Crippen molar-refractivity contribution in [3.05, 3.63) is 36.7 Å². The lowest BCUT2D eigenvalue weighted by Crippen LogP contribution is -2.27. The van der Waals surface area contributed by atoms with E-state index in [1.54, 1.807) is 26.4 Å².